The number of halogens is 1. The van der Waals surface area contributed by atoms with Crippen LogP contribution in [0.1, 0.15) is 19.3 Å². The van der Waals surface area contributed by atoms with Crippen molar-refractivity contribution in [3.8, 4) is 0 Å². The molecule has 0 heterocycles. The zero-order valence-electron chi connectivity index (χ0n) is 7.13. The second kappa shape index (κ2) is 4.10. The van der Waals surface area contributed by atoms with E-state index >= 15 is 0 Å². The van der Waals surface area contributed by atoms with Gasteiger partial charge in [0.15, 0.2) is 0 Å². The molecule has 2 N–H and O–H groups in total. The third-order valence-corrected chi connectivity index (χ3v) is 2.58. The molecule has 0 aromatic rings. The maximum atomic E-state index is 11.1. The van der Waals surface area contributed by atoms with E-state index in [0.29, 0.717) is 12.8 Å². The van der Waals surface area contributed by atoms with Crippen molar-refractivity contribution in [3.05, 3.63) is 0 Å². The highest BCUT2D eigenvalue weighted by Gasteiger charge is 2.30. The Hall–Kier alpha value is -0.280. The minimum Gasteiger partial charge on any atom is -0.469 e. The van der Waals surface area contributed by atoms with Crippen LogP contribution >= 0.6 is 11.6 Å². The number of carbonyl (C=O) groups is 1. The maximum Gasteiger partial charge on any atom is 0.308 e. The first kappa shape index (κ1) is 9.81. The van der Waals surface area contributed by atoms with Gasteiger partial charge in [-0.2, -0.15) is 0 Å². The zero-order chi connectivity index (χ0) is 9.14. The Balaban J connectivity index is 2.49. The van der Waals surface area contributed by atoms with Gasteiger partial charge in [-0.05, 0) is 19.3 Å². The van der Waals surface area contributed by atoms with Crippen molar-refractivity contribution in [1.29, 1.82) is 0 Å². The number of rotatable bonds is 1. The normalized spacial score (nSPS) is 36.1. The van der Waals surface area contributed by atoms with Gasteiger partial charge in [0.25, 0.3) is 0 Å². The summed E-state index contributed by atoms with van der Waals surface area (Å²) >= 11 is 5.92. The van der Waals surface area contributed by atoms with Crippen LogP contribution < -0.4 is 5.73 Å². The van der Waals surface area contributed by atoms with Crippen molar-refractivity contribution in [2.75, 3.05) is 7.11 Å². The summed E-state index contributed by atoms with van der Waals surface area (Å²) in [6.45, 7) is 0. The highest BCUT2D eigenvalue weighted by molar-refractivity contribution is 6.20. The number of hydrogen-bond donors (Lipinski definition) is 1. The molecule has 0 amide bonds. The van der Waals surface area contributed by atoms with Gasteiger partial charge >= 0.3 is 5.97 Å². The monoisotopic (exact) mass is 191 g/mol. The molecule has 1 rings (SSSR count). The van der Waals surface area contributed by atoms with Gasteiger partial charge in [0.05, 0.1) is 13.0 Å². The minimum absolute atomic E-state index is 0.0258. The average molecular weight is 192 g/mol. The highest BCUT2D eigenvalue weighted by Crippen LogP contribution is 2.27. The van der Waals surface area contributed by atoms with Gasteiger partial charge in [-0.25, -0.2) is 0 Å². The lowest BCUT2D eigenvalue weighted by molar-refractivity contribution is -0.146. The smallest absolute Gasteiger partial charge is 0.308 e. The topological polar surface area (TPSA) is 52.3 Å². The molecule has 3 nitrogen and oxygen atoms in total. The summed E-state index contributed by atoms with van der Waals surface area (Å²) in [6.07, 6.45) is 2.20. The van der Waals surface area contributed by atoms with E-state index in [1.54, 1.807) is 0 Å². The van der Waals surface area contributed by atoms with Gasteiger partial charge in [-0.3, -0.25) is 4.79 Å². The van der Waals surface area contributed by atoms with Gasteiger partial charge in [0, 0.05) is 11.4 Å². The maximum absolute atomic E-state index is 11.1. The van der Waals surface area contributed by atoms with Crippen LogP contribution in [-0.2, 0) is 9.53 Å². The Morgan fingerprint density at radius 2 is 2.17 bits per heavy atom. The predicted molar refractivity (Wildman–Crippen MR) is 47.0 cm³/mol. The molecule has 0 spiro atoms. The van der Waals surface area contributed by atoms with E-state index in [4.69, 9.17) is 17.3 Å². The Kier molecular flexibility index (Phi) is 3.35. The molecule has 70 valence electrons. The van der Waals surface area contributed by atoms with E-state index in [1.165, 1.54) is 7.11 Å². The highest BCUT2D eigenvalue weighted by atomic mass is 35.5. The van der Waals surface area contributed by atoms with Crippen molar-refractivity contribution in [2.24, 2.45) is 11.7 Å². The number of methoxy groups -OCH3 is 1. The fourth-order valence-electron chi connectivity index (χ4n) is 1.65. The molecule has 0 saturated heterocycles. The number of nitrogens with two attached hydrogens (primary N) is 1. The summed E-state index contributed by atoms with van der Waals surface area (Å²) in [5, 5.41) is 0.0258. The van der Waals surface area contributed by atoms with Gasteiger partial charge in [-0.15, -0.1) is 11.6 Å². The molecule has 0 aliphatic heterocycles. The van der Waals surface area contributed by atoms with Crippen LogP contribution in [0.4, 0.5) is 0 Å². The molecule has 4 heteroatoms. The number of ether oxygens (including phenoxy) is 1. The lowest BCUT2D eigenvalue weighted by Gasteiger charge is -2.27. The molecule has 12 heavy (non-hydrogen) atoms. The fourth-order valence-corrected chi connectivity index (χ4v) is 2.09. The van der Waals surface area contributed by atoms with E-state index in [-0.39, 0.29) is 23.3 Å². The summed E-state index contributed by atoms with van der Waals surface area (Å²) in [6, 6.07) is 0.0466. The number of hydrogen-bond acceptors (Lipinski definition) is 3. The van der Waals surface area contributed by atoms with Crippen LogP contribution in [0.25, 0.3) is 0 Å². The second-order valence-electron chi connectivity index (χ2n) is 3.28. The summed E-state index contributed by atoms with van der Waals surface area (Å²) in [5.74, 6) is -0.281. The van der Waals surface area contributed by atoms with Crippen molar-refractivity contribution in [3.63, 3.8) is 0 Å². The second-order valence-corrected chi connectivity index (χ2v) is 3.90. The van der Waals surface area contributed by atoms with E-state index in [0.717, 1.165) is 6.42 Å². The Bertz CT molecular complexity index is 164. The first-order valence-electron chi connectivity index (χ1n) is 4.11. The number of alkyl halides is 1. The van der Waals surface area contributed by atoms with Gasteiger partial charge < -0.3 is 10.5 Å². The van der Waals surface area contributed by atoms with Crippen LogP contribution in [0.15, 0.2) is 0 Å². The Labute approximate surface area is 77.2 Å². The van der Waals surface area contributed by atoms with Crippen molar-refractivity contribution >= 4 is 17.6 Å². The largest absolute Gasteiger partial charge is 0.469 e. The molecule has 3 atom stereocenters. The lowest BCUT2D eigenvalue weighted by atomic mass is 9.86. The Morgan fingerprint density at radius 3 is 2.67 bits per heavy atom. The van der Waals surface area contributed by atoms with Crippen molar-refractivity contribution in [1.82, 2.24) is 0 Å². The standard InChI is InChI=1S/C8H14ClNO2/c1-12-8(11)5-2-6(9)4-7(10)3-5/h5-7H,2-4,10H2,1H3. The molecule has 1 fully saturated rings. The summed E-state index contributed by atoms with van der Waals surface area (Å²) in [5.41, 5.74) is 5.72. The molecule has 0 aromatic heterocycles. The van der Waals surface area contributed by atoms with Gasteiger partial charge in [0.1, 0.15) is 0 Å². The van der Waals surface area contributed by atoms with Crippen LogP contribution in [0.2, 0.25) is 0 Å². The van der Waals surface area contributed by atoms with Crippen molar-refractivity contribution < 1.29 is 9.53 Å². The van der Waals surface area contributed by atoms with E-state index in [2.05, 4.69) is 4.74 Å². The fraction of sp³-hybridized carbons (Fsp3) is 0.875. The first-order valence-corrected chi connectivity index (χ1v) is 4.54. The SMILES string of the molecule is COC(=O)C1CC(N)CC(Cl)C1. The molecular weight excluding hydrogens is 178 g/mol. The van der Waals surface area contributed by atoms with Crippen molar-refractivity contribution in [2.45, 2.75) is 30.7 Å². The van der Waals surface area contributed by atoms with E-state index in [1.807, 2.05) is 0 Å². The van der Waals surface area contributed by atoms with E-state index in [9.17, 15) is 4.79 Å². The van der Waals surface area contributed by atoms with E-state index < -0.39 is 0 Å². The first-order chi connectivity index (χ1) is 5.63. The molecule has 1 aliphatic carbocycles. The van der Waals surface area contributed by atoms with Gasteiger partial charge in [0.2, 0.25) is 0 Å². The van der Waals surface area contributed by atoms with Crippen LogP contribution in [0, 0.1) is 5.92 Å². The number of esters is 1. The molecule has 0 radical (unpaired) electrons. The van der Waals surface area contributed by atoms with Crippen LogP contribution in [0.3, 0.4) is 0 Å². The zero-order valence-corrected chi connectivity index (χ0v) is 7.88. The summed E-state index contributed by atoms with van der Waals surface area (Å²) in [7, 11) is 1.39. The molecule has 3 unspecified atom stereocenters. The molecule has 1 aliphatic rings. The molecule has 0 bridgehead atoms. The van der Waals surface area contributed by atoms with Crippen LogP contribution in [0.5, 0.6) is 0 Å². The lowest BCUT2D eigenvalue weighted by Crippen LogP contribution is -2.36. The molecule has 1 saturated carbocycles. The molecular formula is C8H14ClNO2. The summed E-state index contributed by atoms with van der Waals surface area (Å²) < 4.78 is 4.63. The summed E-state index contributed by atoms with van der Waals surface area (Å²) in [4.78, 5) is 11.1. The number of carbonyl (C=O) groups excluding carboxylic acids is 1. The third kappa shape index (κ3) is 2.35. The minimum atomic E-state index is -0.184. The third-order valence-electron chi connectivity index (χ3n) is 2.22. The Morgan fingerprint density at radius 1 is 1.50 bits per heavy atom. The van der Waals surface area contributed by atoms with Crippen LogP contribution in [-0.4, -0.2) is 24.5 Å². The quantitative estimate of drug-likeness (QED) is 0.495. The van der Waals surface area contributed by atoms with Gasteiger partial charge in [-0.1, -0.05) is 0 Å². The predicted octanol–water partition coefficient (Wildman–Crippen LogP) is 0.894. The average Bonchev–Trinajstić information content (AvgIpc) is 2.01. The molecule has 0 aromatic carbocycles.